The van der Waals surface area contributed by atoms with E-state index < -0.39 is 21.7 Å². The number of Topliss-reactive ketones (excluding diaryl/α,β-unsaturated/α-hetero) is 1. The summed E-state index contributed by atoms with van der Waals surface area (Å²) >= 11 is 0. The van der Waals surface area contributed by atoms with Crippen molar-refractivity contribution < 1.29 is 18.0 Å². The number of carbonyl (C=O) groups excluding carboxylic acids is 2. The third-order valence-corrected chi connectivity index (χ3v) is 6.08. The molecule has 0 spiro atoms. The SMILES string of the molecule is CCN1/C(=C(/C)NC(=O)c2ccccc2)C(=O)c2ccccc2S1(=O)=O. The van der Waals surface area contributed by atoms with Crippen LogP contribution in [0.2, 0.25) is 0 Å². The Labute approximate surface area is 152 Å². The quantitative estimate of drug-likeness (QED) is 0.842. The topological polar surface area (TPSA) is 83.6 Å². The standard InChI is InChI=1S/C19H18N2O4S/c1-3-21-17(13(2)20-19(23)14-9-5-4-6-10-14)18(22)15-11-7-8-12-16(15)26(21,24)25/h4-12H,3H2,1-2H3,(H,20,23)/b17-13-. The number of nitrogens with one attached hydrogen (secondary N) is 1. The van der Waals surface area contributed by atoms with E-state index in [1.165, 1.54) is 19.1 Å². The zero-order valence-corrected chi connectivity index (χ0v) is 15.2. The summed E-state index contributed by atoms with van der Waals surface area (Å²) in [6.07, 6.45) is 0. The molecule has 1 amide bonds. The minimum Gasteiger partial charge on any atom is -0.324 e. The predicted molar refractivity (Wildman–Crippen MR) is 96.9 cm³/mol. The van der Waals surface area contributed by atoms with Gasteiger partial charge in [0.15, 0.2) is 0 Å². The Morgan fingerprint density at radius 1 is 1.04 bits per heavy atom. The van der Waals surface area contributed by atoms with E-state index in [9.17, 15) is 18.0 Å². The van der Waals surface area contributed by atoms with Crippen LogP contribution in [0.15, 0.2) is 70.9 Å². The Hall–Kier alpha value is -2.93. The average molecular weight is 370 g/mol. The lowest BCUT2D eigenvalue weighted by Crippen LogP contribution is -2.41. The van der Waals surface area contributed by atoms with Gasteiger partial charge in [-0.15, -0.1) is 0 Å². The van der Waals surface area contributed by atoms with Crippen LogP contribution < -0.4 is 5.32 Å². The minimum atomic E-state index is -3.86. The van der Waals surface area contributed by atoms with Crippen molar-refractivity contribution in [2.24, 2.45) is 0 Å². The molecule has 0 fully saturated rings. The number of benzene rings is 2. The molecule has 0 unspecified atom stereocenters. The number of rotatable bonds is 3. The maximum Gasteiger partial charge on any atom is 0.265 e. The number of hydrogen-bond donors (Lipinski definition) is 1. The molecule has 1 heterocycles. The smallest absolute Gasteiger partial charge is 0.265 e. The van der Waals surface area contributed by atoms with Crippen LogP contribution in [0.5, 0.6) is 0 Å². The zero-order valence-electron chi connectivity index (χ0n) is 14.4. The van der Waals surface area contributed by atoms with Gasteiger partial charge in [0.05, 0.1) is 4.90 Å². The van der Waals surface area contributed by atoms with E-state index in [2.05, 4.69) is 5.32 Å². The van der Waals surface area contributed by atoms with Gasteiger partial charge in [0.2, 0.25) is 5.78 Å². The summed E-state index contributed by atoms with van der Waals surface area (Å²) < 4.78 is 26.8. The summed E-state index contributed by atoms with van der Waals surface area (Å²) in [6, 6.07) is 14.6. The first kappa shape index (κ1) is 17.9. The molecule has 2 aromatic rings. The molecule has 1 aliphatic rings. The second kappa shape index (κ2) is 6.76. The first-order valence-corrected chi connectivity index (χ1v) is 9.55. The number of sulfonamides is 1. The number of likely N-dealkylation sites (N-methyl/N-ethyl adjacent to an activating group) is 1. The monoisotopic (exact) mass is 370 g/mol. The molecule has 1 aliphatic heterocycles. The van der Waals surface area contributed by atoms with Gasteiger partial charge in [0.25, 0.3) is 15.9 Å². The van der Waals surface area contributed by atoms with Gasteiger partial charge in [-0.2, -0.15) is 0 Å². The van der Waals surface area contributed by atoms with Crippen LogP contribution in [0.3, 0.4) is 0 Å². The normalized spacial score (nSPS) is 17.5. The van der Waals surface area contributed by atoms with Crippen LogP contribution in [0.1, 0.15) is 34.6 Å². The number of carbonyl (C=O) groups is 2. The van der Waals surface area contributed by atoms with E-state index in [0.29, 0.717) is 5.56 Å². The number of hydrogen-bond acceptors (Lipinski definition) is 4. The highest BCUT2D eigenvalue weighted by atomic mass is 32.2. The first-order chi connectivity index (χ1) is 12.4. The van der Waals surface area contributed by atoms with Gasteiger partial charge < -0.3 is 5.32 Å². The summed E-state index contributed by atoms with van der Waals surface area (Å²) in [5.41, 5.74) is 0.696. The molecule has 2 aromatic carbocycles. The predicted octanol–water partition coefficient (Wildman–Crippen LogP) is 2.56. The van der Waals surface area contributed by atoms with Gasteiger partial charge in [-0.25, -0.2) is 8.42 Å². The average Bonchev–Trinajstić information content (AvgIpc) is 2.65. The maximum atomic E-state index is 12.9. The van der Waals surface area contributed by atoms with E-state index in [1.54, 1.807) is 49.4 Å². The number of ketones is 1. The Kier molecular flexibility index (Phi) is 4.65. The number of nitrogens with zero attached hydrogens (tertiary/aromatic N) is 1. The molecule has 0 bridgehead atoms. The van der Waals surface area contributed by atoms with Crippen LogP contribution in [0.25, 0.3) is 0 Å². The number of allylic oxidation sites excluding steroid dienone is 2. The van der Waals surface area contributed by atoms with Gasteiger partial charge >= 0.3 is 0 Å². The summed E-state index contributed by atoms with van der Waals surface area (Å²) in [4.78, 5) is 25.3. The van der Waals surface area contributed by atoms with Gasteiger partial charge in [0.1, 0.15) is 5.70 Å². The zero-order chi connectivity index (χ0) is 18.9. The van der Waals surface area contributed by atoms with E-state index in [-0.39, 0.29) is 28.4 Å². The highest BCUT2D eigenvalue weighted by Crippen LogP contribution is 2.32. The molecule has 3 rings (SSSR count). The largest absolute Gasteiger partial charge is 0.324 e. The van der Waals surface area contributed by atoms with Gasteiger partial charge in [0, 0.05) is 23.4 Å². The molecule has 0 radical (unpaired) electrons. The summed E-state index contributed by atoms with van der Waals surface area (Å²) in [5, 5.41) is 2.64. The van der Waals surface area contributed by atoms with Crippen molar-refractivity contribution in [3.8, 4) is 0 Å². The maximum absolute atomic E-state index is 12.9. The van der Waals surface area contributed by atoms with Crippen molar-refractivity contribution >= 4 is 21.7 Å². The molecular formula is C19H18N2O4S. The van der Waals surface area contributed by atoms with E-state index >= 15 is 0 Å². The number of fused-ring (bicyclic) bond motifs is 1. The molecule has 134 valence electrons. The molecule has 1 N–H and O–H groups in total. The van der Waals surface area contributed by atoms with E-state index in [0.717, 1.165) is 4.31 Å². The fourth-order valence-electron chi connectivity index (χ4n) is 2.94. The third-order valence-electron chi connectivity index (χ3n) is 4.14. The Morgan fingerprint density at radius 3 is 2.31 bits per heavy atom. The van der Waals surface area contributed by atoms with Crippen molar-refractivity contribution in [1.29, 1.82) is 0 Å². The van der Waals surface area contributed by atoms with Gasteiger partial charge in [-0.05, 0) is 38.1 Å². The van der Waals surface area contributed by atoms with E-state index in [4.69, 9.17) is 0 Å². The second-order valence-corrected chi connectivity index (χ2v) is 7.62. The molecular weight excluding hydrogens is 352 g/mol. The molecule has 0 atom stereocenters. The molecule has 0 saturated carbocycles. The molecule has 0 saturated heterocycles. The van der Waals surface area contributed by atoms with Crippen LogP contribution in [0.4, 0.5) is 0 Å². The fourth-order valence-corrected chi connectivity index (χ4v) is 4.66. The van der Waals surface area contributed by atoms with Crippen molar-refractivity contribution in [2.45, 2.75) is 18.7 Å². The van der Waals surface area contributed by atoms with Crippen LogP contribution in [-0.2, 0) is 10.0 Å². The van der Waals surface area contributed by atoms with Crippen LogP contribution in [0, 0.1) is 0 Å². The second-order valence-electron chi connectivity index (χ2n) is 5.79. The van der Waals surface area contributed by atoms with Gasteiger partial charge in [-0.3, -0.25) is 13.9 Å². The highest BCUT2D eigenvalue weighted by molar-refractivity contribution is 7.89. The Balaban J connectivity index is 2.09. The minimum absolute atomic E-state index is 0.0159. The number of amides is 1. The van der Waals surface area contributed by atoms with Gasteiger partial charge in [-0.1, -0.05) is 30.3 Å². The van der Waals surface area contributed by atoms with E-state index in [1.807, 2.05) is 0 Å². The first-order valence-electron chi connectivity index (χ1n) is 8.11. The summed E-state index contributed by atoms with van der Waals surface area (Å²) in [6.45, 7) is 3.25. The summed E-state index contributed by atoms with van der Waals surface area (Å²) in [5.74, 6) is -0.834. The van der Waals surface area contributed by atoms with Crippen molar-refractivity contribution in [2.75, 3.05) is 6.54 Å². The molecule has 0 aliphatic carbocycles. The Morgan fingerprint density at radius 2 is 1.65 bits per heavy atom. The molecule has 26 heavy (non-hydrogen) atoms. The lowest BCUT2D eigenvalue weighted by atomic mass is 10.1. The van der Waals surface area contributed by atoms with Crippen LogP contribution >= 0.6 is 0 Å². The van der Waals surface area contributed by atoms with Crippen molar-refractivity contribution in [3.05, 3.63) is 77.1 Å². The van der Waals surface area contributed by atoms with Crippen molar-refractivity contribution in [1.82, 2.24) is 9.62 Å². The molecule has 7 heteroatoms. The van der Waals surface area contributed by atoms with Crippen molar-refractivity contribution in [3.63, 3.8) is 0 Å². The fraction of sp³-hybridized carbons (Fsp3) is 0.158. The lowest BCUT2D eigenvalue weighted by Gasteiger charge is -2.31. The summed E-state index contributed by atoms with van der Waals surface area (Å²) in [7, 11) is -3.86. The highest BCUT2D eigenvalue weighted by Gasteiger charge is 2.39. The molecule has 0 aromatic heterocycles. The third kappa shape index (κ3) is 2.90. The van der Waals surface area contributed by atoms with Crippen LogP contribution in [-0.4, -0.2) is 31.0 Å². The Bertz CT molecular complexity index is 1010. The lowest BCUT2D eigenvalue weighted by molar-refractivity contribution is 0.0962. The molecule has 6 nitrogen and oxygen atoms in total.